The van der Waals surface area contributed by atoms with Gasteiger partial charge in [-0.1, -0.05) is 0 Å². The molecule has 0 saturated carbocycles. The molecule has 16 heavy (non-hydrogen) atoms. The van der Waals surface area contributed by atoms with Crippen LogP contribution in [0.2, 0.25) is 0 Å². The van der Waals surface area contributed by atoms with Crippen molar-refractivity contribution in [2.75, 3.05) is 13.1 Å². The molecule has 0 spiro atoms. The molecule has 2 heterocycles. The second-order valence-electron chi connectivity index (χ2n) is 3.86. The molecule has 1 fully saturated rings. The molecule has 1 amide bonds. The number of halogens is 1. The standard InChI is InChI=1S/C12H14BrNOS/c13-11-6-4-10(16-11)5-7-12(15)14-8-2-1-3-9-14/h4-7H,1-3,8-9H2. The number of carbonyl (C=O) groups excluding carboxylic acids is 1. The fourth-order valence-electron chi connectivity index (χ4n) is 1.79. The third-order valence-corrected chi connectivity index (χ3v) is 4.24. The van der Waals surface area contributed by atoms with Gasteiger partial charge in [-0.15, -0.1) is 11.3 Å². The van der Waals surface area contributed by atoms with Gasteiger partial charge >= 0.3 is 0 Å². The van der Waals surface area contributed by atoms with Crippen LogP contribution in [0.15, 0.2) is 22.0 Å². The minimum atomic E-state index is 0.143. The van der Waals surface area contributed by atoms with E-state index in [2.05, 4.69) is 15.9 Å². The predicted molar refractivity (Wildman–Crippen MR) is 71.5 cm³/mol. The van der Waals surface area contributed by atoms with Crippen molar-refractivity contribution in [1.82, 2.24) is 4.90 Å². The lowest BCUT2D eigenvalue weighted by molar-refractivity contribution is -0.126. The van der Waals surface area contributed by atoms with Crippen LogP contribution in [-0.2, 0) is 4.79 Å². The van der Waals surface area contributed by atoms with Crippen LogP contribution in [0.1, 0.15) is 24.1 Å². The van der Waals surface area contributed by atoms with Gasteiger partial charge in [0.25, 0.3) is 0 Å². The van der Waals surface area contributed by atoms with E-state index in [9.17, 15) is 4.79 Å². The van der Waals surface area contributed by atoms with Crippen LogP contribution in [0.4, 0.5) is 0 Å². The van der Waals surface area contributed by atoms with Gasteiger partial charge in [-0.05, 0) is 53.4 Å². The van der Waals surface area contributed by atoms with Gasteiger partial charge in [0.1, 0.15) is 0 Å². The van der Waals surface area contributed by atoms with E-state index in [1.807, 2.05) is 23.1 Å². The average molecular weight is 300 g/mol. The van der Waals surface area contributed by atoms with E-state index in [0.717, 1.165) is 34.6 Å². The molecule has 0 aromatic carbocycles. The number of piperidine rings is 1. The zero-order valence-corrected chi connectivity index (χ0v) is 11.4. The van der Waals surface area contributed by atoms with Gasteiger partial charge in [0.15, 0.2) is 0 Å². The molecule has 4 heteroatoms. The summed E-state index contributed by atoms with van der Waals surface area (Å²) in [7, 11) is 0. The van der Waals surface area contributed by atoms with Crippen LogP contribution >= 0.6 is 27.3 Å². The Bertz CT molecular complexity index is 393. The first-order chi connectivity index (χ1) is 7.75. The second kappa shape index (κ2) is 5.64. The minimum absolute atomic E-state index is 0.143. The molecule has 0 aliphatic carbocycles. The number of nitrogens with zero attached hydrogens (tertiary/aromatic N) is 1. The van der Waals surface area contributed by atoms with Gasteiger partial charge in [-0.3, -0.25) is 4.79 Å². The van der Waals surface area contributed by atoms with Crippen molar-refractivity contribution < 1.29 is 4.79 Å². The van der Waals surface area contributed by atoms with E-state index in [-0.39, 0.29) is 5.91 Å². The number of rotatable bonds is 2. The summed E-state index contributed by atoms with van der Waals surface area (Å²) >= 11 is 5.04. The van der Waals surface area contributed by atoms with Crippen LogP contribution in [0.25, 0.3) is 6.08 Å². The maximum Gasteiger partial charge on any atom is 0.246 e. The maximum atomic E-state index is 11.8. The zero-order chi connectivity index (χ0) is 11.4. The molecule has 1 aliphatic heterocycles. The number of hydrogen-bond acceptors (Lipinski definition) is 2. The SMILES string of the molecule is O=C(C=Cc1ccc(Br)s1)N1CCCCC1. The highest BCUT2D eigenvalue weighted by Crippen LogP contribution is 2.23. The highest BCUT2D eigenvalue weighted by atomic mass is 79.9. The molecule has 0 bridgehead atoms. The number of carbonyl (C=O) groups is 1. The average Bonchev–Trinajstić information content (AvgIpc) is 2.73. The Morgan fingerprint density at radius 1 is 1.31 bits per heavy atom. The van der Waals surface area contributed by atoms with Gasteiger partial charge in [0.05, 0.1) is 3.79 Å². The van der Waals surface area contributed by atoms with Crippen LogP contribution in [0, 0.1) is 0 Å². The monoisotopic (exact) mass is 299 g/mol. The highest BCUT2D eigenvalue weighted by molar-refractivity contribution is 9.11. The maximum absolute atomic E-state index is 11.8. The number of likely N-dealkylation sites (tertiary alicyclic amines) is 1. The van der Waals surface area contributed by atoms with Gasteiger partial charge in [0.2, 0.25) is 5.91 Å². The lowest BCUT2D eigenvalue weighted by atomic mass is 10.1. The van der Waals surface area contributed by atoms with Gasteiger partial charge < -0.3 is 4.90 Å². The number of hydrogen-bond donors (Lipinski definition) is 0. The summed E-state index contributed by atoms with van der Waals surface area (Å²) < 4.78 is 1.09. The van der Waals surface area contributed by atoms with Crippen molar-refractivity contribution >= 4 is 39.2 Å². The van der Waals surface area contributed by atoms with Crippen LogP contribution in [0.5, 0.6) is 0 Å². The van der Waals surface area contributed by atoms with Crippen LogP contribution in [0.3, 0.4) is 0 Å². The third-order valence-electron chi connectivity index (χ3n) is 2.65. The molecule has 0 unspecified atom stereocenters. The Hall–Kier alpha value is -0.610. The van der Waals surface area contributed by atoms with Gasteiger partial charge in [0, 0.05) is 24.0 Å². The molecule has 1 saturated heterocycles. The van der Waals surface area contributed by atoms with E-state index < -0.39 is 0 Å². The fraction of sp³-hybridized carbons (Fsp3) is 0.417. The Morgan fingerprint density at radius 2 is 2.06 bits per heavy atom. The van der Waals surface area contributed by atoms with Crippen molar-refractivity contribution in [3.05, 3.63) is 26.9 Å². The Kier molecular flexibility index (Phi) is 4.18. The molecule has 0 radical (unpaired) electrons. The van der Waals surface area contributed by atoms with Crippen molar-refractivity contribution in [2.24, 2.45) is 0 Å². The summed E-state index contributed by atoms with van der Waals surface area (Å²) in [6.07, 6.45) is 7.12. The molecule has 0 N–H and O–H groups in total. The third kappa shape index (κ3) is 3.19. The number of amides is 1. The zero-order valence-electron chi connectivity index (χ0n) is 8.99. The van der Waals surface area contributed by atoms with Gasteiger partial charge in [-0.2, -0.15) is 0 Å². The van der Waals surface area contributed by atoms with Crippen molar-refractivity contribution in [1.29, 1.82) is 0 Å². The van der Waals surface area contributed by atoms with Crippen LogP contribution < -0.4 is 0 Å². The highest BCUT2D eigenvalue weighted by Gasteiger charge is 2.13. The predicted octanol–water partition coefficient (Wildman–Crippen LogP) is 3.54. The Labute approximate surface area is 108 Å². The molecule has 1 aromatic rings. The Morgan fingerprint density at radius 3 is 2.69 bits per heavy atom. The first-order valence-electron chi connectivity index (χ1n) is 5.48. The number of thiophene rings is 1. The summed E-state index contributed by atoms with van der Waals surface area (Å²) in [5, 5.41) is 0. The summed E-state index contributed by atoms with van der Waals surface area (Å²) in [6, 6.07) is 4.00. The van der Waals surface area contributed by atoms with E-state index in [0.29, 0.717) is 0 Å². The summed E-state index contributed by atoms with van der Waals surface area (Å²) in [5.41, 5.74) is 0. The summed E-state index contributed by atoms with van der Waals surface area (Å²) in [4.78, 5) is 14.9. The second-order valence-corrected chi connectivity index (χ2v) is 6.36. The molecule has 2 nitrogen and oxygen atoms in total. The first kappa shape index (κ1) is 11.9. The lowest BCUT2D eigenvalue weighted by Gasteiger charge is -2.25. The van der Waals surface area contributed by atoms with Gasteiger partial charge in [-0.25, -0.2) is 0 Å². The van der Waals surface area contributed by atoms with Crippen molar-refractivity contribution in [3.8, 4) is 0 Å². The van der Waals surface area contributed by atoms with Crippen LogP contribution in [-0.4, -0.2) is 23.9 Å². The summed E-state index contributed by atoms with van der Waals surface area (Å²) in [6.45, 7) is 1.83. The molecule has 2 rings (SSSR count). The molecule has 1 aliphatic rings. The van der Waals surface area contributed by atoms with E-state index in [4.69, 9.17) is 0 Å². The van der Waals surface area contributed by atoms with E-state index in [1.54, 1.807) is 17.4 Å². The molecule has 1 aromatic heterocycles. The normalized spacial score (nSPS) is 16.9. The summed E-state index contributed by atoms with van der Waals surface area (Å²) in [5.74, 6) is 0.143. The quantitative estimate of drug-likeness (QED) is 0.765. The van der Waals surface area contributed by atoms with E-state index >= 15 is 0 Å². The molecule has 86 valence electrons. The smallest absolute Gasteiger partial charge is 0.246 e. The topological polar surface area (TPSA) is 20.3 Å². The Balaban J connectivity index is 1.93. The van der Waals surface area contributed by atoms with Crippen molar-refractivity contribution in [3.63, 3.8) is 0 Å². The minimum Gasteiger partial charge on any atom is -0.339 e. The first-order valence-corrected chi connectivity index (χ1v) is 7.09. The molecule has 0 atom stereocenters. The largest absolute Gasteiger partial charge is 0.339 e. The van der Waals surface area contributed by atoms with E-state index in [1.165, 1.54) is 6.42 Å². The lowest BCUT2D eigenvalue weighted by Crippen LogP contribution is -2.34. The molecular formula is C12H14BrNOS. The fourth-order valence-corrected chi connectivity index (χ4v) is 3.12. The van der Waals surface area contributed by atoms with Crippen molar-refractivity contribution in [2.45, 2.75) is 19.3 Å². The molecular weight excluding hydrogens is 286 g/mol.